The molecule has 0 fully saturated rings. The number of rotatable bonds is 16. The smallest absolute Gasteiger partial charge is 0.116 e. The van der Waals surface area contributed by atoms with Gasteiger partial charge in [0, 0.05) is 12.8 Å². The number of benzene rings is 8. The van der Waals surface area contributed by atoms with E-state index in [0.29, 0.717) is 12.8 Å². The quantitative estimate of drug-likeness (QED) is 0.0931. The summed E-state index contributed by atoms with van der Waals surface area (Å²) in [6.07, 6.45) is 9.11. The van der Waals surface area contributed by atoms with Crippen LogP contribution in [0.3, 0.4) is 0 Å². The molecule has 8 aromatic rings. The Labute approximate surface area is 419 Å². The number of hydrogen-bond donors (Lipinski definition) is 0. The van der Waals surface area contributed by atoms with Crippen molar-refractivity contribution in [2.75, 3.05) is 0 Å². The van der Waals surface area contributed by atoms with Crippen molar-refractivity contribution >= 4 is 58.5 Å². The first-order chi connectivity index (χ1) is 32.4. The van der Waals surface area contributed by atoms with Gasteiger partial charge >= 0.3 is 0 Å². The van der Waals surface area contributed by atoms with Crippen LogP contribution in [0.2, 0.25) is 0 Å². The van der Waals surface area contributed by atoms with Crippen LogP contribution in [0.1, 0.15) is 61.8 Å². The van der Waals surface area contributed by atoms with E-state index in [-0.39, 0.29) is 24.8 Å². The molecule has 0 aliphatic carbocycles. The Kier molecular flexibility index (Phi) is 20.8. The second-order valence-corrected chi connectivity index (χ2v) is 23.7. The Bertz CT molecular complexity index is 2500. The summed E-state index contributed by atoms with van der Waals surface area (Å²) in [5, 5.41) is 26.2. The molecule has 8 aromatic carbocycles. The van der Waals surface area contributed by atoms with Gasteiger partial charge in [-0.15, -0.1) is 0 Å². The molecule has 0 aromatic heterocycles. The van der Waals surface area contributed by atoms with Crippen LogP contribution in [-0.2, 0) is 12.3 Å². The molecule has 0 bridgehead atoms. The van der Waals surface area contributed by atoms with Gasteiger partial charge in [0.1, 0.15) is 46.4 Å². The lowest BCUT2D eigenvalue weighted by atomic mass is 10.1. The second-order valence-electron chi connectivity index (χ2n) is 16.7. The molecular weight excluding hydrogens is 906 g/mol. The van der Waals surface area contributed by atoms with E-state index >= 15 is 0 Å². The van der Waals surface area contributed by atoms with Gasteiger partial charge in [0.25, 0.3) is 0 Å². The van der Waals surface area contributed by atoms with Gasteiger partial charge in [-0.2, -0.15) is 10.5 Å². The zero-order chi connectivity index (χ0) is 45.9. The highest BCUT2D eigenvalue weighted by Crippen LogP contribution is 2.59. The number of allylic oxidation sites excluding steroid dienone is 2. The molecule has 6 heteroatoms. The van der Waals surface area contributed by atoms with Gasteiger partial charge in [-0.3, -0.25) is 0 Å². The van der Waals surface area contributed by atoms with E-state index in [1.165, 1.54) is 65.2 Å². The highest BCUT2D eigenvalue weighted by molar-refractivity contribution is 7.95. The summed E-state index contributed by atoms with van der Waals surface area (Å²) in [5.41, 5.74) is 7.56. The van der Waals surface area contributed by atoms with Gasteiger partial charge in [-0.05, 0) is 134 Å². The maximum Gasteiger partial charge on any atom is 0.116 e. The van der Waals surface area contributed by atoms with E-state index in [1.807, 2.05) is 0 Å². The molecule has 0 spiro atoms. The predicted octanol–water partition coefficient (Wildman–Crippen LogP) is 7.78. The monoisotopic (exact) mass is 962 g/mol. The van der Waals surface area contributed by atoms with E-state index < -0.39 is 14.5 Å². The lowest BCUT2D eigenvalue weighted by molar-refractivity contribution is -0.001000. The standard InChI is InChI=1S/2C31H29NP.2ClH/c2*1-26(13-12-22-32)23-27-14-11-15-28(24-27)25-33(29-16-5-2-6-17-29,30-18-7-3-8-19-30)31-20-9-4-10-21-31;;/h2*2-11,14-21,23-24H,12-13,25H2,1H3;2*1H/q2*+1;;/p-2. The highest BCUT2D eigenvalue weighted by Gasteiger charge is 2.46. The van der Waals surface area contributed by atoms with Gasteiger partial charge in [-0.1, -0.05) is 169 Å². The Hall–Kier alpha value is -6.34. The molecule has 0 aliphatic rings. The zero-order valence-corrected chi connectivity index (χ0v) is 42.2. The van der Waals surface area contributed by atoms with Crippen molar-refractivity contribution in [1.29, 1.82) is 10.5 Å². The van der Waals surface area contributed by atoms with Gasteiger partial charge in [0.05, 0.1) is 24.5 Å². The first-order valence-electron chi connectivity index (χ1n) is 22.8. The summed E-state index contributed by atoms with van der Waals surface area (Å²) in [5.74, 6) is 0. The third kappa shape index (κ3) is 13.4. The predicted molar refractivity (Wildman–Crippen MR) is 288 cm³/mol. The molecule has 2 nitrogen and oxygen atoms in total. The largest absolute Gasteiger partial charge is 1.00 e. The van der Waals surface area contributed by atoms with E-state index in [0.717, 1.165) is 25.2 Å². The SMILES string of the molecule is CC(=Cc1cccc(C[P+](c2ccccc2)(c2ccccc2)c2ccccc2)c1)CCC#N.CC(=Cc1cccc(C[P+](c2ccccc2)(c2ccccc2)c2ccccc2)c1)CCC#N.[Cl-].[Cl-]. The van der Waals surface area contributed by atoms with Crippen molar-refractivity contribution < 1.29 is 24.8 Å². The average molecular weight is 964 g/mol. The number of halogens is 2. The summed E-state index contributed by atoms with van der Waals surface area (Å²) in [6.45, 7) is 4.22. The van der Waals surface area contributed by atoms with Crippen LogP contribution in [0, 0.1) is 22.7 Å². The van der Waals surface area contributed by atoms with Crippen LogP contribution >= 0.6 is 14.5 Å². The van der Waals surface area contributed by atoms with Crippen molar-refractivity contribution in [1.82, 2.24) is 0 Å². The van der Waals surface area contributed by atoms with Crippen molar-refractivity contribution in [2.45, 2.75) is 51.9 Å². The molecule has 0 radical (unpaired) electrons. The van der Waals surface area contributed by atoms with E-state index in [2.05, 4.69) is 269 Å². The van der Waals surface area contributed by atoms with Gasteiger partial charge in [0.2, 0.25) is 0 Å². The normalized spacial score (nSPS) is 11.4. The fraction of sp³-hybridized carbons (Fsp3) is 0.129. The Morgan fingerprint density at radius 2 is 0.618 bits per heavy atom. The van der Waals surface area contributed by atoms with Crippen molar-refractivity contribution in [3.8, 4) is 12.1 Å². The lowest BCUT2D eigenvalue weighted by Crippen LogP contribution is -3.00. The summed E-state index contributed by atoms with van der Waals surface area (Å²) in [4.78, 5) is 0. The van der Waals surface area contributed by atoms with Gasteiger partial charge < -0.3 is 24.8 Å². The third-order valence-electron chi connectivity index (χ3n) is 12.0. The third-order valence-corrected chi connectivity index (χ3v) is 20.8. The molecule has 0 unspecified atom stereocenters. The zero-order valence-electron chi connectivity index (χ0n) is 38.9. The Morgan fingerprint density at radius 1 is 0.368 bits per heavy atom. The first-order valence-corrected chi connectivity index (χ1v) is 26.8. The molecule has 0 heterocycles. The number of nitrogens with zero attached hydrogens (tertiary/aromatic N) is 2. The van der Waals surface area contributed by atoms with Crippen LogP contribution in [0.15, 0.2) is 242 Å². The second kappa shape index (κ2) is 26.9. The highest BCUT2D eigenvalue weighted by atomic mass is 35.5. The fourth-order valence-electron chi connectivity index (χ4n) is 8.87. The molecule has 0 saturated carbocycles. The maximum atomic E-state index is 8.90. The molecule has 8 rings (SSSR count). The summed E-state index contributed by atoms with van der Waals surface area (Å²) < 4.78 is 0. The van der Waals surface area contributed by atoms with Crippen molar-refractivity contribution in [2.24, 2.45) is 0 Å². The summed E-state index contributed by atoms with van der Waals surface area (Å²) in [7, 11) is -3.82. The van der Waals surface area contributed by atoms with Crippen molar-refractivity contribution in [3.63, 3.8) is 0 Å². The van der Waals surface area contributed by atoms with Gasteiger partial charge in [-0.25, -0.2) is 0 Å². The minimum absolute atomic E-state index is 0. The molecule has 0 aliphatic heterocycles. The van der Waals surface area contributed by atoms with Crippen LogP contribution in [0.4, 0.5) is 0 Å². The topological polar surface area (TPSA) is 47.6 Å². The molecule has 0 amide bonds. The van der Waals surface area contributed by atoms with Crippen LogP contribution in [0.5, 0.6) is 0 Å². The summed E-state index contributed by atoms with van der Waals surface area (Å²) >= 11 is 0. The maximum absolute atomic E-state index is 8.90. The molecule has 340 valence electrons. The van der Waals surface area contributed by atoms with Gasteiger partial charge in [0.15, 0.2) is 0 Å². The fourth-order valence-corrected chi connectivity index (χ4v) is 17.3. The van der Waals surface area contributed by atoms with E-state index in [9.17, 15) is 0 Å². The molecule has 0 saturated heterocycles. The number of hydrogen-bond acceptors (Lipinski definition) is 2. The molecule has 68 heavy (non-hydrogen) atoms. The molecular formula is C62H58Cl2N2P2. The first kappa shape index (κ1) is 52.6. The van der Waals surface area contributed by atoms with Crippen LogP contribution in [-0.4, -0.2) is 0 Å². The minimum Gasteiger partial charge on any atom is -1.00 e. The van der Waals surface area contributed by atoms with Crippen LogP contribution < -0.4 is 56.6 Å². The van der Waals surface area contributed by atoms with E-state index in [1.54, 1.807) is 0 Å². The Balaban J connectivity index is 0.000000247. The van der Waals surface area contributed by atoms with Crippen LogP contribution in [0.25, 0.3) is 12.2 Å². The van der Waals surface area contributed by atoms with Crippen molar-refractivity contribution in [3.05, 3.63) is 264 Å². The van der Waals surface area contributed by atoms with E-state index in [4.69, 9.17) is 10.5 Å². The Morgan fingerprint density at radius 3 is 0.853 bits per heavy atom. The number of nitriles is 2. The molecule has 0 N–H and O–H groups in total. The average Bonchev–Trinajstić information content (AvgIpc) is 3.38. The minimum atomic E-state index is -1.91. The summed E-state index contributed by atoms with van der Waals surface area (Å²) in [6, 6.07) is 88.4. The lowest BCUT2D eigenvalue weighted by Gasteiger charge is -2.28. The molecule has 0 atom stereocenters.